The fourth-order valence-electron chi connectivity index (χ4n) is 4.81. The van der Waals surface area contributed by atoms with E-state index in [2.05, 4.69) is 67.5 Å². The lowest BCUT2D eigenvalue weighted by Crippen LogP contribution is -2.35. The van der Waals surface area contributed by atoms with Gasteiger partial charge in [-0.2, -0.15) is 0 Å². The molecule has 4 nitrogen and oxygen atoms in total. The zero-order valence-electron chi connectivity index (χ0n) is 23.0. The summed E-state index contributed by atoms with van der Waals surface area (Å²) in [4.78, 5) is 2.52. The van der Waals surface area contributed by atoms with Crippen molar-refractivity contribution >= 4 is 11.4 Å². The summed E-state index contributed by atoms with van der Waals surface area (Å²) in [5.41, 5.74) is 17.5. The molecule has 1 aliphatic heterocycles. The van der Waals surface area contributed by atoms with Crippen molar-refractivity contribution in [3.05, 3.63) is 96.5 Å². The van der Waals surface area contributed by atoms with Crippen LogP contribution in [0.2, 0.25) is 0 Å². The largest absolute Gasteiger partial charge is 0.399 e. The molecule has 0 aliphatic carbocycles. The monoisotopic (exact) mass is 506 g/mol. The first-order valence-electron chi connectivity index (χ1n) is 13.7. The number of hydrogen-bond donors (Lipinski definition) is 3. The summed E-state index contributed by atoms with van der Waals surface area (Å²) in [6.45, 7) is 18.2. The third kappa shape index (κ3) is 10.1. The number of nitrogens with zero attached hydrogens (tertiary/aromatic N) is 1. The van der Waals surface area contributed by atoms with Crippen molar-refractivity contribution in [3.63, 3.8) is 0 Å². The Hall–Kier alpha value is -3.05. The van der Waals surface area contributed by atoms with E-state index in [1.165, 1.54) is 55.3 Å². The van der Waals surface area contributed by atoms with Crippen molar-refractivity contribution in [2.45, 2.75) is 71.8 Å². The first kappa shape index (κ1) is 30.2. The highest BCUT2D eigenvalue weighted by Crippen LogP contribution is 2.30. The summed E-state index contributed by atoms with van der Waals surface area (Å²) in [6, 6.07) is 11.8. The van der Waals surface area contributed by atoms with Crippen LogP contribution in [0.15, 0.2) is 68.4 Å². The first-order chi connectivity index (χ1) is 17.9. The van der Waals surface area contributed by atoms with Crippen LogP contribution in [0.3, 0.4) is 0 Å². The van der Waals surface area contributed by atoms with E-state index in [0.717, 1.165) is 44.0 Å². The van der Waals surface area contributed by atoms with Crippen molar-refractivity contribution < 1.29 is 4.39 Å². The molecule has 37 heavy (non-hydrogen) atoms. The van der Waals surface area contributed by atoms with Crippen LogP contribution >= 0.6 is 0 Å². The number of anilines is 1. The number of halogens is 1. The van der Waals surface area contributed by atoms with Crippen LogP contribution in [0.4, 0.5) is 10.1 Å². The van der Waals surface area contributed by atoms with E-state index in [-0.39, 0.29) is 11.5 Å². The molecule has 0 amide bonds. The molecule has 1 aliphatic rings. The molecular weight excluding hydrogens is 459 g/mol. The third-order valence-electron chi connectivity index (χ3n) is 7.03. The minimum atomic E-state index is -0.273. The van der Waals surface area contributed by atoms with Crippen LogP contribution in [0.5, 0.6) is 0 Å². The van der Waals surface area contributed by atoms with Gasteiger partial charge >= 0.3 is 0 Å². The van der Waals surface area contributed by atoms with Gasteiger partial charge in [0.25, 0.3) is 0 Å². The van der Waals surface area contributed by atoms with E-state index in [0.29, 0.717) is 5.56 Å². The maximum absolute atomic E-state index is 14.1. The minimum Gasteiger partial charge on any atom is -0.399 e. The molecule has 2 aromatic rings. The molecule has 2 aromatic carbocycles. The average molecular weight is 507 g/mol. The molecule has 5 heteroatoms. The fourth-order valence-corrected chi connectivity index (χ4v) is 4.81. The Bertz CT molecular complexity index is 992. The first-order valence-corrected chi connectivity index (χ1v) is 13.7. The van der Waals surface area contributed by atoms with E-state index in [1.807, 2.05) is 12.1 Å². The van der Waals surface area contributed by atoms with Gasteiger partial charge in [-0.1, -0.05) is 57.2 Å². The van der Waals surface area contributed by atoms with Crippen molar-refractivity contribution in [1.29, 1.82) is 0 Å². The molecule has 1 heterocycles. The maximum Gasteiger partial charge on any atom is 0.132 e. The van der Waals surface area contributed by atoms with Crippen LogP contribution in [-0.4, -0.2) is 13.1 Å². The van der Waals surface area contributed by atoms with Gasteiger partial charge in [-0.25, -0.2) is 9.82 Å². The summed E-state index contributed by atoms with van der Waals surface area (Å²) in [6.07, 6.45) is 12.9. The lowest BCUT2D eigenvalue weighted by molar-refractivity contribution is 0.372. The van der Waals surface area contributed by atoms with Gasteiger partial charge in [-0.3, -0.25) is 0 Å². The Labute approximate surface area is 224 Å². The van der Waals surface area contributed by atoms with Gasteiger partial charge in [-0.15, -0.1) is 6.58 Å². The number of unbranched alkanes of at least 4 members (excludes halogenated alkanes) is 2. The lowest BCUT2D eigenvalue weighted by Gasteiger charge is -2.35. The predicted octanol–water partition coefficient (Wildman–Crippen LogP) is 7.40. The van der Waals surface area contributed by atoms with E-state index in [1.54, 1.807) is 18.3 Å². The van der Waals surface area contributed by atoms with Crippen molar-refractivity contribution in [1.82, 2.24) is 10.9 Å². The number of nitrogens with one attached hydrogen (secondary N) is 2. The Balaban J connectivity index is 0.000000717. The number of hydrogen-bond acceptors (Lipinski definition) is 4. The number of hydrazine groups is 1. The van der Waals surface area contributed by atoms with Gasteiger partial charge in [0.2, 0.25) is 0 Å². The SMILES string of the molecule is C=CCCCC.C=CNNCc1c(C)cccc1N1CCC(CCCc2ccc(C(=C)N)c(F)c2)CC1. The normalized spacial score (nSPS) is 13.4. The van der Waals surface area contributed by atoms with Crippen LogP contribution in [0.1, 0.15) is 74.1 Å². The van der Waals surface area contributed by atoms with E-state index in [4.69, 9.17) is 5.73 Å². The summed E-state index contributed by atoms with van der Waals surface area (Å²) in [5, 5.41) is 0. The Morgan fingerprint density at radius 2 is 1.92 bits per heavy atom. The Morgan fingerprint density at radius 3 is 2.51 bits per heavy atom. The Kier molecular flexibility index (Phi) is 13.6. The number of rotatable bonds is 13. The van der Waals surface area contributed by atoms with Gasteiger partial charge in [-0.05, 0) is 86.3 Å². The molecule has 1 saturated heterocycles. The lowest BCUT2D eigenvalue weighted by atomic mass is 9.90. The van der Waals surface area contributed by atoms with Crippen LogP contribution in [0, 0.1) is 18.7 Å². The molecular formula is C32H47FN4. The number of benzene rings is 2. The zero-order valence-corrected chi connectivity index (χ0v) is 23.0. The third-order valence-corrected chi connectivity index (χ3v) is 7.03. The van der Waals surface area contributed by atoms with Crippen LogP contribution < -0.4 is 21.5 Å². The van der Waals surface area contributed by atoms with Crippen molar-refractivity contribution in [2.24, 2.45) is 11.7 Å². The molecule has 4 N–H and O–H groups in total. The maximum atomic E-state index is 14.1. The quantitative estimate of drug-likeness (QED) is 0.150. The second-order valence-corrected chi connectivity index (χ2v) is 9.87. The van der Waals surface area contributed by atoms with Gasteiger partial charge in [0.15, 0.2) is 0 Å². The standard InChI is InChI=1S/C26H35FN4.C6H12/c1-4-29-30-18-24-19(2)7-5-10-26(24)31-15-13-21(14-16-31)8-6-9-22-11-12-23(20(3)28)25(27)17-22;1-3-5-6-4-2/h4-5,7,10-12,17,21,29-30H,1,3,6,8-9,13-16,18,28H2,2H3;3H,1,4-6H2,2H3. The minimum absolute atomic E-state index is 0.273. The number of aryl methyl sites for hydroxylation is 2. The van der Waals surface area contributed by atoms with E-state index in [9.17, 15) is 4.39 Å². The molecule has 0 bridgehead atoms. The molecule has 0 spiro atoms. The van der Waals surface area contributed by atoms with E-state index < -0.39 is 0 Å². The van der Waals surface area contributed by atoms with Gasteiger partial charge < -0.3 is 16.1 Å². The average Bonchev–Trinajstić information content (AvgIpc) is 2.89. The highest BCUT2D eigenvalue weighted by Gasteiger charge is 2.21. The zero-order chi connectivity index (χ0) is 27.0. The Morgan fingerprint density at radius 1 is 1.16 bits per heavy atom. The number of piperidine rings is 1. The molecule has 0 unspecified atom stereocenters. The van der Waals surface area contributed by atoms with Crippen LogP contribution in [0.25, 0.3) is 5.70 Å². The van der Waals surface area contributed by atoms with Gasteiger partial charge in [0.05, 0.1) is 0 Å². The predicted molar refractivity (Wildman–Crippen MR) is 159 cm³/mol. The fraction of sp³-hybridized carbons (Fsp3) is 0.438. The van der Waals surface area contributed by atoms with E-state index >= 15 is 0 Å². The molecule has 202 valence electrons. The molecule has 1 fully saturated rings. The highest BCUT2D eigenvalue weighted by atomic mass is 19.1. The summed E-state index contributed by atoms with van der Waals surface area (Å²) in [7, 11) is 0. The molecule has 3 rings (SSSR count). The molecule has 0 radical (unpaired) electrons. The number of nitrogens with two attached hydrogens (primary N) is 1. The highest BCUT2D eigenvalue weighted by molar-refractivity contribution is 5.61. The van der Waals surface area contributed by atoms with Gasteiger partial charge in [0, 0.05) is 42.8 Å². The summed E-state index contributed by atoms with van der Waals surface area (Å²) >= 11 is 0. The van der Waals surface area contributed by atoms with Crippen molar-refractivity contribution in [3.8, 4) is 0 Å². The second kappa shape index (κ2) is 16.6. The summed E-state index contributed by atoms with van der Waals surface area (Å²) < 4.78 is 14.1. The smallest absolute Gasteiger partial charge is 0.132 e. The second-order valence-electron chi connectivity index (χ2n) is 9.87. The molecule has 0 atom stereocenters. The molecule has 0 aromatic heterocycles. The van der Waals surface area contributed by atoms with Crippen molar-refractivity contribution in [2.75, 3.05) is 18.0 Å². The van der Waals surface area contributed by atoms with Crippen LogP contribution in [-0.2, 0) is 13.0 Å². The summed E-state index contributed by atoms with van der Waals surface area (Å²) in [5.74, 6) is 0.461. The van der Waals surface area contributed by atoms with Gasteiger partial charge in [0.1, 0.15) is 5.82 Å². The molecule has 0 saturated carbocycles. The number of allylic oxidation sites excluding steroid dienone is 1. The topological polar surface area (TPSA) is 53.3 Å².